The van der Waals surface area contributed by atoms with Crippen LogP contribution in [0.25, 0.3) is 0 Å². The number of pyridine rings is 1. The summed E-state index contributed by atoms with van der Waals surface area (Å²) < 4.78 is 27.4. The number of carbonyl (C=O) groups is 1. The summed E-state index contributed by atoms with van der Waals surface area (Å²) in [5, 5.41) is 13.8. The quantitative estimate of drug-likeness (QED) is 0.495. The van der Waals surface area contributed by atoms with Crippen LogP contribution in [-0.2, 0) is 0 Å². The molecule has 33 heavy (non-hydrogen) atoms. The van der Waals surface area contributed by atoms with Crippen molar-refractivity contribution in [2.24, 2.45) is 0 Å². The molecule has 9 heteroatoms. The van der Waals surface area contributed by atoms with E-state index in [0.29, 0.717) is 34.1 Å². The van der Waals surface area contributed by atoms with Gasteiger partial charge in [0.15, 0.2) is 35.0 Å². The Bertz CT molecular complexity index is 1140. The van der Waals surface area contributed by atoms with Crippen LogP contribution in [0.15, 0.2) is 48.8 Å². The lowest BCUT2D eigenvalue weighted by Gasteiger charge is -2.21. The standard InChI is InChI=1S/C24H24N2O7/c1-29-16-8-7-15-19(20(27)13-10-17(30-2)23(32-4)18(11-13)31-3)24(33-22(15)21(16)28)26-14-6-5-9-25-12-14/h5-12,19,24,26,28H,1-4H3. The van der Waals surface area contributed by atoms with Gasteiger partial charge < -0.3 is 34.1 Å². The summed E-state index contributed by atoms with van der Waals surface area (Å²) in [6.07, 6.45) is 2.45. The van der Waals surface area contributed by atoms with Gasteiger partial charge in [-0.3, -0.25) is 9.78 Å². The van der Waals surface area contributed by atoms with Gasteiger partial charge in [0.1, 0.15) is 5.92 Å². The van der Waals surface area contributed by atoms with E-state index in [0.717, 1.165) is 0 Å². The predicted octanol–water partition coefficient (Wildman–Crippen LogP) is 3.62. The van der Waals surface area contributed by atoms with Crippen molar-refractivity contribution in [3.8, 4) is 34.5 Å². The molecule has 0 radical (unpaired) electrons. The number of nitrogens with zero attached hydrogens (tertiary/aromatic N) is 1. The number of carbonyl (C=O) groups excluding carboxylic acids is 1. The molecule has 1 aliphatic rings. The molecule has 0 aliphatic carbocycles. The van der Waals surface area contributed by atoms with Gasteiger partial charge in [0, 0.05) is 17.3 Å². The number of hydrogen-bond donors (Lipinski definition) is 2. The van der Waals surface area contributed by atoms with Crippen LogP contribution in [0.5, 0.6) is 34.5 Å². The average molecular weight is 452 g/mol. The smallest absolute Gasteiger partial charge is 0.203 e. The minimum absolute atomic E-state index is 0.173. The molecule has 0 bridgehead atoms. The second-order valence-electron chi connectivity index (χ2n) is 7.22. The normalized spacial score (nSPS) is 16.4. The first-order chi connectivity index (χ1) is 16.0. The summed E-state index contributed by atoms with van der Waals surface area (Å²) >= 11 is 0. The topological polar surface area (TPSA) is 108 Å². The van der Waals surface area contributed by atoms with Crippen LogP contribution in [0.3, 0.4) is 0 Å². The number of hydrogen-bond acceptors (Lipinski definition) is 9. The second-order valence-corrected chi connectivity index (χ2v) is 7.22. The number of ether oxygens (including phenoxy) is 5. The fraction of sp³-hybridized carbons (Fsp3) is 0.250. The molecule has 1 aliphatic heterocycles. The molecule has 0 spiro atoms. The van der Waals surface area contributed by atoms with E-state index in [2.05, 4.69) is 10.3 Å². The molecule has 3 aromatic rings. The van der Waals surface area contributed by atoms with Gasteiger partial charge in [-0.25, -0.2) is 0 Å². The van der Waals surface area contributed by atoms with E-state index in [4.69, 9.17) is 23.7 Å². The number of Topliss-reactive ketones (excluding diaryl/α,β-unsaturated/α-hetero) is 1. The van der Waals surface area contributed by atoms with E-state index in [9.17, 15) is 9.90 Å². The van der Waals surface area contributed by atoms with Crippen molar-refractivity contribution in [2.75, 3.05) is 33.8 Å². The average Bonchev–Trinajstić information content (AvgIpc) is 3.22. The third-order valence-corrected chi connectivity index (χ3v) is 5.43. The summed E-state index contributed by atoms with van der Waals surface area (Å²) in [5.41, 5.74) is 1.51. The molecule has 0 saturated carbocycles. The molecule has 0 amide bonds. The van der Waals surface area contributed by atoms with Gasteiger partial charge in [-0.05, 0) is 30.3 Å². The van der Waals surface area contributed by atoms with Crippen LogP contribution in [0.4, 0.5) is 5.69 Å². The first-order valence-electron chi connectivity index (χ1n) is 10.1. The summed E-state index contributed by atoms with van der Waals surface area (Å²) in [7, 11) is 5.90. The zero-order chi connectivity index (χ0) is 23.5. The van der Waals surface area contributed by atoms with E-state index in [1.807, 2.05) is 0 Å². The predicted molar refractivity (Wildman–Crippen MR) is 120 cm³/mol. The number of phenolic OH excluding ortho intramolecular Hbond substituents is 1. The highest BCUT2D eigenvalue weighted by molar-refractivity contribution is 6.03. The maximum atomic E-state index is 13.8. The summed E-state index contributed by atoms with van der Waals surface area (Å²) in [6, 6.07) is 10.1. The van der Waals surface area contributed by atoms with Crippen molar-refractivity contribution in [3.05, 3.63) is 59.9 Å². The molecule has 1 aromatic heterocycles. The lowest BCUT2D eigenvalue weighted by Crippen LogP contribution is -2.33. The Morgan fingerprint density at radius 1 is 1.00 bits per heavy atom. The molecule has 9 nitrogen and oxygen atoms in total. The van der Waals surface area contributed by atoms with Crippen LogP contribution < -0.4 is 29.0 Å². The van der Waals surface area contributed by atoms with E-state index in [1.54, 1.807) is 48.8 Å². The Kier molecular flexibility index (Phi) is 6.12. The zero-order valence-corrected chi connectivity index (χ0v) is 18.6. The van der Waals surface area contributed by atoms with Crippen LogP contribution in [0, 0.1) is 0 Å². The molecule has 2 atom stereocenters. The number of ketones is 1. The number of fused-ring (bicyclic) bond motifs is 1. The van der Waals surface area contributed by atoms with Crippen molar-refractivity contribution < 1.29 is 33.6 Å². The number of nitrogens with one attached hydrogen (secondary N) is 1. The fourth-order valence-corrected chi connectivity index (χ4v) is 3.87. The zero-order valence-electron chi connectivity index (χ0n) is 18.6. The van der Waals surface area contributed by atoms with Crippen molar-refractivity contribution in [3.63, 3.8) is 0 Å². The SMILES string of the molecule is COc1ccc2c(c1O)OC(Nc1cccnc1)C2C(=O)c1cc(OC)c(OC)c(OC)c1. The molecule has 4 rings (SSSR count). The number of aromatic hydroxyl groups is 1. The van der Waals surface area contributed by atoms with Gasteiger partial charge in [0.05, 0.1) is 40.3 Å². The lowest BCUT2D eigenvalue weighted by atomic mass is 9.89. The summed E-state index contributed by atoms with van der Waals surface area (Å²) in [6.45, 7) is 0. The molecule has 2 unspecified atom stereocenters. The Morgan fingerprint density at radius 2 is 1.70 bits per heavy atom. The minimum Gasteiger partial charge on any atom is -0.502 e. The van der Waals surface area contributed by atoms with E-state index in [1.165, 1.54) is 28.4 Å². The molecule has 0 saturated heterocycles. The second kappa shape index (κ2) is 9.15. The van der Waals surface area contributed by atoms with Crippen LogP contribution in [-0.4, -0.2) is 50.5 Å². The lowest BCUT2D eigenvalue weighted by molar-refractivity contribution is 0.0911. The fourth-order valence-electron chi connectivity index (χ4n) is 3.87. The highest BCUT2D eigenvalue weighted by atomic mass is 16.5. The number of methoxy groups -OCH3 is 4. The monoisotopic (exact) mass is 452 g/mol. The highest BCUT2D eigenvalue weighted by Crippen LogP contribution is 2.50. The van der Waals surface area contributed by atoms with E-state index in [-0.39, 0.29) is 23.0 Å². The molecule has 2 heterocycles. The minimum atomic E-state index is -0.811. The van der Waals surface area contributed by atoms with Crippen LogP contribution in [0.2, 0.25) is 0 Å². The molecule has 0 fully saturated rings. The molecule has 172 valence electrons. The maximum Gasteiger partial charge on any atom is 0.203 e. The van der Waals surface area contributed by atoms with Gasteiger partial charge in [-0.15, -0.1) is 0 Å². The largest absolute Gasteiger partial charge is 0.502 e. The molecule has 2 N–H and O–H groups in total. The first kappa shape index (κ1) is 22.1. The van der Waals surface area contributed by atoms with Crippen molar-refractivity contribution in [1.29, 1.82) is 0 Å². The van der Waals surface area contributed by atoms with Crippen molar-refractivity contribution >= 4 is 11.5 Å². The van der Waals surface area contributed by atoms with Crippen LogP contribution in [0.1, 0.15) is 21.8 Å². The van der Waals surface area contributed by atoms with Crippen LogP contribution >= 0.6 is 0 Å². The summed E-state index contributed by atoms with van der Waals surface area (Å²) in [4.78, 5) is 17.9. The Morgan fingerprint density at radius 3 is 2.27 bits per heavy atom. The molecular formula is C24H24N2O7. The van der Waals surface area contributed by atoms with E-state index >= 15 is 0 Å². The Labute approximate surface area is 190 Å². The van der Waals surface area contributed by atoms with Gasteiger partial charge >= 0.3 is 0 Å². The number of anilines is 1. The maximum absolute atomic E-state index is 13.8. The number of benzene rings is 2. The summed E-state index contributed by atoms with van der Waals surface area (Å²) in [5.74, 6) is 0.290. The Balaban J connectivity index is 1.80. The number of rotatable bonds is 8. The number of aromatic nitrogens is 1. The molecular weight excluding hydrogens is 428 g/mol. The third kappa shape index (κ3) is 3.93. The van der Waals surface area contributed by atoms with Crippen molar-refractivity contribution in [1.82, 2.24) is 4.98 Å². The first-order valence-corrected chi connectivity index (χ1v) is 10.1. The van der Waals surface area contributed by atoms with Gasteiger partial charge in [0.25, 0.3) is 0 Å². The third-order valence-electron chi connectivity index (χ3n) is 5.43. The Hall–Kier alpha value is -4.14. The number of phenols is 1. The van der Waals surface area contributed by atoms with Gasteiger partial charge in [-0.1, -0.05) is 6.07 Å². The molecule has 2 aromatic carbocycles. The highest BCUT2D eigenvalue weighted by Gasteiger charge is 2.42. The van der Waals surface area contributed by atoms with E-state index < -0.39 is 12.1 Å². The van der Waals surface area contributed by atoms with Crippen molar-refractivity contribution in [2.45, 2.75) is 12.1 Å². The van der Waals surface area contributed by atoms with Gasteiger partial charge in [0.2, 0.25) is 11.5 Å². The van der Waals surface area contributed by atoms with Gasteiger partial charge in [-0.2, -0.15) is 0 Å².